The molecule has 0 aromatic carbocycles. The molecule has 1 saturated heterocycles. The number of nitrogens with zero attached hydrogens (tertiary/aromatic N) is 1. The molecule has 0 atom stereocenters. The van der Waals surface area contributed by atoms with E-state index in [1.165, 1.54) is 0 Å². The maximum atomic E-state index is 11.5. The van der Waals surface area contributed by atoms with Gasteiger partial charge >= 0.3 is 0 Å². The monoisotopic (exact) mass is 194 g/mol. The summed E-state index contributed by atoms with van der Waals surface area (Å²) in [7, 11) is 0. The number of carbonyl (C=O) groups excluding carboxylic acids is 2. The lowest BCUT2D eigenvalue weighted by Gasteiger charge is -2.18. The van der Waals surface area contributed by atoms with Gasteiger partial charge in [0, 0.05) is 25.9 Å². The van der Waals surface area contributed by atoms with Crippen molar-refractivity contribution in [1.29, 1.82) is 0 Å². The van der Waals surface area contributed by atoms with Crippen LogP contribution in [-0.4, -0.2) is 36.3 Å². The van der Waals surface area contributed by atoms with E-state index in [1.54, 1.807) is 4.90 Å². The van der Waals surface area contributed by atoms with Crippen LogP contribution in [0.1, 0.15) is 19.3 Å². The molecule has 1 aliphatic heterocycles. The summed E-state index contributed by atoms with van der Waals surface area (Å²) in [5.41, 5.74) is 0. The van der Waals surface area contributed by atoms with Crippen LogP contribution in [0.15, 0.2) is 0 Å². The number of carbonyl (C=O) groups is 2. The molecular weight excluding hydrogens is 180 g/mol. The average molecular weight is 194 g/mol. The van der Waals surface area contributed by atoms with E-state index in [1.807, 2.05) is 0 Å². The van der Waals surface area contributed by atoms with Gasteiger partial charge < -0.3 is 10.2 Å². The van der Waals surface area contributed by atoms with E-state index in [0.29, 0.717) is 25.9 Å². The van der Waals surface area contributed by atoms with Crippen molar-refractivity contribution in [3.05, 3.63) is 0 Å². The summed E-state index contributed by atoms with van der Waals surface area (Å²) in [6.07, 6.45) is 6.66. The highest BCUT2D eigenvalue weighted by atomic mass is 16.2. The fraction of sp³-hybridized carbons (Fsp3) is 0.600. The van der Waals surface area contributed by atoms with Gasteiger partial charge in [-0.25, -0.2) is 0 Å². The number of nitrogens with one attached hydrogen (secondary N) is 1. The molecular formula is C10H14N2O2. The Hall–Kier alpha value is -1.50. The van der Waals surface area contributed by atoms with E-state index < -0.39 is 0 Å². The third kappa shape index (κ3) is 3.09. The molecule has 0 radical (unpaired) electrons. The van der Waals surface area contributed by atoms with Gasteiger partial charge in [-0.3, -0.25) is 9.59 Å². The molecule has 1 aliphatic rings. The highest BCUT2D eigenvalue weighted by molar-refractivity contribution is 5.85. The van der Waals surface area contributed by atoms with Gasteiger partial charge in [-0.05, 0) is 6.42 Å². The summed E-state index contributed by atoms with van der Waals surface area (Å²) in [5.74, 6) is 2.30. The van der Waals surface area contributed by atoms with E-state index in [9.17, 15) is 9.59 Å². The molecule has 0 bridgehead atoms. The van der Waals surface area contributed by atoms with Crippen molar-refractivity contribution in [3.63, 3.8) is 0 Å². The highest BCUT2D eigenvalue weighted by Gasteiger charge is 2.18. The van der Waals surface area contributed by atoms with Crippen molar-refractivity contribution in [1.82, 2.24) is 10.2 Å². The molecule has 4 heteroatoms. The van der Waals surface area contributed by atoms with E-state index >= 15 is 0 Å². The van der Waals surface area contributed by atoms with E-state index in [-0.39, 0.29) is 18.4 Å². The average Bonchev–Trinajstić information content (AvgIpc) is 2.39. The van der Waals surface area contributed by atoms with Crippen LogP contribution in [0.4, 0.5) is 0 Å². The molecule has 4 nitrogen and oxygen atoms in total. The first-order valence-electron chi connectivity index (χ1n) is 4.72. The highest BCUT2D eigenvalue weighted by Crippen LogP contribution is 2.01. The second-order valence-electron chi connectivity index (χ2n) is 3.22. The van der Waals surface area contributed by atoms with Gasteiger partial charge in [-0.2, -0.15) is 0 Å². The Bertz CT molecular complexity index is 268. The minimum absolute atomic E-state index is 0.0278. The van der Waals surface area contributed by atoms with Crippen molar-refractivity contribution in [2.24, 2.45) is 0 Å². The van der Waals surface area contributed by atoms with Gasteiger partial charge in [-0.15, -0.1) is 12.3 Å². The second-order valence-corrected chi connectivity index (χ2v) is 3.22. The summed E-state index contributed by atoms with van der Waals surface area (Å²) in [6, 6.07) is 0. The van der Waals surface area contributed by atoms with E-state index in [2.05, 4.69) is 11.2 Å². The second kappa shape index (κ2) is 5.28. The first kappa shape index (κ1) is 10.6. The molecule has 76 valence electrons. The molecule has 14 heavy (non-hydrogen) atoms. The van der Waals surface area contributed by atoms with Crippen LogP contribution in [0.3, 0.4) is 0 Å². The maximum absolute atomic E-state index is 11.5. The third-order valence-electron chi connectivity index (χ3n) is 2.10. The van der Waals surface area contributed by atoms with Crippen LogP contribution in [-0.2, 0) is 9.59 Å². The molecule has 0 aromatic heterocycles. The van der Waals surface area contributed by atoms with Gasteiger partial charge in [0.05, 0.1) is 6.54 Å². The Labute approximate surface area is 83.6 Å². The Morgan fingerprint density at radius 3 is 3.14 bits per heavy atom. The van der Waals surface area contributed by atoms with E-state index in [0.717, 1.165) is 6.42 Å². The standard InChI is InChI=1S/C10H14N2O2/c1-2-3-5-10(14)12-7-4-6-11-9(13)8-12/h1H,3-8H2,(H,11,13). The van der Waals surface area contributed by atoms with Crippen molar-refractivity contribution in [2.45, 2.75) is 19.3 Å². The molecule has 1 heterocycles. The normalized spacial score (nSPS) is 16.8. The largest absolute Gasteiger partial charge is 0.354 e. The van der Waals surface area contributed by atoms with Gasteiger partial charge in [0.1, 0.15) is 0 Å². The Morgan fingerprint density at radius 2 is 2.43 bits per heavy atom. The molecule has 1 rings (SSSR count). The lowest BCUT2D eigenvalue weighted by Crippen LogP contribution is -2.37. The summed E-state index contributed by atoms with van der Waals surface area (Å²) in [5, 5.41) is 2.71. The Morgan fingerprint density at radius 1 is 1.64 bits per heavy atom. The summed E-state index contributed by atoms with van der Waals surface area (Å²) in [6.45, 7) is 1.46. The van der Waals surface area contributed by atoms with Crippen molar-refractivity contribution in [2.75, 3.05) is 19.6 Å². The summed E-state index contributed by atoms with van der Waals surface area (Å²) < 4.78 is 0. The zero-order valence-corrected chi connectivity index (χ0v) is 8.08. The Kier molecular flexibility index (Phi) is 3.99. The van der Waals surface area contributed by atoms with Crippen LogP contribution < -0.4 is 5.32 Å². The number of terminal acetylenes is 1. The SMILES string of the molecule is C#CCCC(=O)N1CCCNC(=O)C1. The fourth-order valence-electron chi connectivity index (χ4n) is 1.36. The summed E-state index contributed by atoms with van der Waals surface area (Å²) in [4.78, 5) is 24.2. The minimum atomic E-state index is -0.0865. The van der Waals surface area contributed by atoms with Crippen LogP contribution in [0.2, 0.25) is 0 Å². The van der Waals surface area contributed by atoms with Crippen molar-refractivity contribution in [3.8, 4) is 12.3 Å². The lowest BCUT2D eigenvalue weighted by atomic mass is 10.2. The fourth-order valence-corrected chi connectivity index (χ4v) is 1.36. The molecule has 0 aromatic rings. The van der Waals surface area contributed by atoms with Crippen molar-refractivity contribution >= 4 is 11.8 Å². The van der Waals surface area contributed by atoms with Gasteiger partial charge in [0.15, 0.2) is 0 Å². The molecule has 1 N–H and O–H groups in total. The van der Waals surface area contributed by atoms with Gasteiger partial charge in [0.2, 0.25) is 11.8 Å². The predicted molar refractivity (Wildman–Crippen MR) is 52.3 cm³/mol. The molecule has 0 spiro atoms. The van der Waals surface area contributed by atoms with Crippen LogP contribution in [0.25, 0.3) is 0 Å². The third-order valence-corrected chi connectivity index (χ3v) is 2.10. The van der Waals surface area contributed by atoms with Crippen LogP contribution in [0, 0.1) is 12.3 Å². The maximum Gasteiger partial charge on any atom is 0.239 e. The number of hydrogen-bond acceptors (Lipinski definition) is 2. The van der Waals surface area contributed by atoms with E-state index in [4.69, 9.17) is 6.42 Å². The van der Waals surface area contributed by atoms with Crippen molar-refractivity contribution < 1.29 is 9.59 Å². The number of hydrogen-bond donors (Lipinski definition) is 1. The smallest absolute Gasteiger partial charge is 0.239 e. The number of rotatable bonds is 2. The molecule has 0 aliphatic carbocycles. The zero-order valence-electron chi connectivity index (χ0n) is 8.08. The molecule has 2 amide bonds. The molecule has 0 unspecified atom stereocenters. The molecule has 1 fully saturated rings. The summed E-state index contributed by atoms with van der Waals surface area (Å²) >= 11 is 0. The Balaban J connectivity index is 2.45. The van der Waals surface area contributed by atoms with Crippen LogP contribution >= 0.6 is 0 Å². The minimum Gasteiger partial charge on any atom is -0.354 e. The van der Waals surface area contributed by atoms with Gasteiger partial charge in [-0.1, -0.05) is 0 Å². The zero-order chi connectivity index (χ0) is 10.4. The molecule has 0 saturated carbocycles. The lowest BCUT2D eigenvalue weighted by molar-refractivity contribution is -0.135. The van der Waals surface area contributed by atoms with Crippen LogP contribution in [0.5, 0.6) is 0 Å². The predicted octanol–water partition coefficient (Wildman–Crippen LogP) is -0.252. The number of amides is 2. The first-order valence-corrected chi connectivity index (χ1v) is 4.72. The first-order chi connectivity index (χ1) is 6.74. The topological polar surface area (TPSA) is 49.4 Å². The quantitative estimate of drug-likeness (QED) is 0.616. The van der Waals surface area contributed by atoms with Gasteiger partial charge in [0.25, 0.3) is 0 Å².